The minimum absolute atomic E-state index is 0.0874. The van der Waals surface area contributed by atoms with E-state index in [0.717, 1.165) is 12.8 Å². The Kier molecular flexibility index (Phi) is 5.79. The van der Waals surface area contributed by atoms with Crippen LogP contribution in [0.2, 0.25) is 0 Å². The summed E-state index contributed by atoms with van der Waals surface area (Å²) in [5.41, 5.74) is -0.169. The lowest BCUT2D eigenvalue weighted by atomic mass is 9.78. The van der Waals surface area contributed by atoms with Crippen molar-refractivity contribution in [3.8, 4) is 0 Å². The highest BCUT2D eigenvalue weighted by molar-refractivity contribution is 5.84. The van der Waals surface area contributed by atoms with Gasteiger partial charge in [0, 0.05) is 13.2 Å². The first kappa shape index (κ1) is 16.0. The van der Waals surface area contributed by atoms with Crippen molar-refractivity contribution in [2.45, 2.75) is 46.0 Å². The molecule has 0 aromatic rings. The topological polar surface area (TPSA) is 86.6 Å². The van der Waals surface area contributed by atoms with E-state index in [1.54, 1.807) is 0 Å². The molecule has 5 heteroatoms. The Balaban J connectivity index is 2.54. The fourth-order valence-electron chi connectivity index (χ4n) is 2.59. The summed E-state index contributed by atoms with van der Waals surface area (Å²) in [6, 6.07) is 0. The largest absolute Gasteiger partial charge is 0.481 e. The van der Waals surface area contributed by atoms with Crippen LogP contribution < -0.4 is 5.32 Å². The van der Waals surface area contributed by atoms with Crippen LogP contribution in [-0.4, -0.2) is 35.2 Å². The molecule has 1 aliphatic carbocycles. The van der Waals surface area contributed by atoms with Crippen LogP contribution in [0.15, 0.2) is 0 Å². The second-order valence-electron chi connectivity index (χ2n) is 6.19. The molecule has 0 bridgehead atoms. The Morgan fingerprint density at radius 1 is 1.21 bits per heavy atom. The molecule has 0 aromatic carbocycles. The number of carbonyl (C=O) groups excluding carboxylic acids is 1. The van der Waals surface area contributed by atoms with E-state index in [9.17, 15) is 9.59 Å². The van der Waals surface area contributed by atoms with Crippen molar-refractivity contribution in [3.63, 3.8) is 0 Å². The molecule has 1 amide bonds. The first-order valence-corrected chi connectivity index (χ1v) is 6.99. The van der Waals surface area contributed by atoms with Crippen LogP contribution in [0.4, 0.5) is 0 Å². The molecule has 1 rings (SSSR count). The Hall–Kier alpha value is -1.10. The molecule has 0 aliphatic heterocycles. The third kappa shape index (κ3) is 4.82. The average molecular weight is 271 g/mol. The van der Waals surface area contributed by atoms with Gasteiger partial charge in [-0.3, -0.25) is 9.59 Å². The van der Waals surface area contributed by atoms with E-state index in [1.807, 2.05) is 13.8 Å². The third-order valence-electron chi connectivity index (χ3n) is 3.95. The fourth-order valence-corrected chi connectivity index (χ4v) is 2.59. The van der Waals surface area contributed by atoms with E-state index in [2.05, 4.69) is 5.32 Å². The SMILES string of the molecule is CC(C)(CCO)CNC(=O)[C@@H]1CCCC[C@@H]1C(=O)O. The predicted molar refractivity (Wildman–Crippen MR) is 71.6 cm³/mol. The molecule has 2 atom stereocenters. The number of aliphatic carboxylic acids is 1. The van der Waals surface area contributed by atoms with Crippen molar-refractivity contribution >= 4 is 11.9 Å². The Morgan fingerprint density at radius 3 is 2.32 bits per heavy atom. The minimum Gasteiger partial charge on any atom is -0.481 e. The summed E-state index contributed by atoms with van der Waals surface area (Å²) in [5.74, 6) is -1.97. The molecule has 0 spiro atoms. The van der Waals surface area contributed by atoms with Gasteiger partial charge in [0.2, 0.25) is 5.91 Å². The molecular formula is C14H25NO4. The van der Waals surface area contributed by atoms with Gasteiger partial charge in [0.05, 0.1) is 11.8 Å². The lowest BCUT2D eigenvalue weighted by Crippen LogP contribution is -2.43. The summed E-state index contributed by atoms with van der Waals surface area (Å²) in [7, 11) is 0. The van der Waals surface area contributed by atoms with E-state index < -0.39 is 17.8 Å². The number of carboxylic acid groups (broad SMARTS) is 1. The number of aliphatic hydroxyl groups is 1. The molecule has 1 saturated carbocycles. The molecule has 0 radical (unpaired) electrons. The summed E-state index contributed by atoms with van der Waals surface area (Å²) < 4.78 is 0. The van der Waals surface area contributed by atoms with Gasteiger partial charge in [-0.1, -0.05) is 26.7 Å². The van der Waals surface area contributed by atoms with Crippen molar-refractivity contribution in [2.24, 2.45) is 17.3 Å². The van der Waals surface area contributed by atoms with E-state index >= 15 is 0 Å². The molecule has 19 heavy (non-hydrogen) atoms. The van der Waals surface area contributed by atoms with Gasteiger partial charge >= 0.3 is 5.97 Å². The summed E-state index contributed by atoms with van der Waals surface area (Å²) in [6.07, 6.45) is 3.66. The number of nitrogens with one attached hydrogen (secondary N) is 1. The van der Waals surface area contributed by atoms with Gasteiger partial charge in [-0.2, -0.15) is 0 Å². The van der Waals surface area contributed by atoms with Gasteiger partial charge in [0.15, 0.2) is 0 Å². The summed E-state index contributed by atoms with van der Waals surface area (Å²) in [4.78, 5) is 23.3. The highest BCUT2D eigenvalue weighted by Gasteiger charge is 2.36. The third-order valence-corrected chi connectivity index (χ3v) is 3.95. The molecule has 0 saturated heterocycles. The van der Waals surface area contributed by atoms with Crippen LogP contribution >= 0.6 is 0 Å². The van der Waals surface area contributed by atoms with Crippen molar-refractivity contribution < 1.29 is 19.8 Å². The summed E-state index contributed by atoms with van der Waals surface area (Å²) in [6.45, 7) is 4.50. The molecule has 5 nitrogen and oxygen atoms in total. The van der Waals surface area contributed by atoms with Gasteiger partial charge in [-0.15, -0.1) is 0 Å². The lowest BCUT2D eigenvalue weighted by molar-refractivity contribution is -0.149. The zero-order valence-electron chi connectivity index (χ0n) is 11.8. The predicted octanol–water partition coefficient (Wildman–Crippen LogP) is 1.40. The molecule has 0 heterocycles. The van der Waals surface area contributed by atoms with Crippen molar-refractivity contribution in [3.05, 3.63) is 0 Å². The molecule has 110 valence electrons. The van der Waals surface area contributed by atoms with E-state index in [1.165, 1.54) is 0 Å². The van der Waals surface area contributed by atoms with Crippen LogP contribution in [0.3, 0.4) is 0 Å². The molecule has 0 aromatic heterocycles. The molecule has 0 unspecified atom stereocenters. The van der Waals surface area contributed by atoms with Crippen molar-refractivity contribution in [1.82, 2.24) is 5.32 Å². The second kappa shape index (κ2) is 6.89. The number of hydrogen-bond acceptors (Lipinski definition) is 3. The standard InChI is InChI=1S/C14H25NO4/c1-14(2,7-8-16)9-15-12(17)10-5-3-4-6-11(10)13(18)19/h10-11,16H,3-9H2,1-2H3,(H,15,17)(H,18,19)/t10-,11+/m1/s1. The number of hydrogen-bond donors (Lipinski definition) is 3. The van der Waals surface area contributed by atoms with Gasteiger partial charge in [-0.25, -0.2) is 0 Å². The number of carbonyl (C=O) groups is 2. The lowest BCUT2D eigenvalue weighted by Gasteiger charge is -2.30. The maximum atomic E-state index is 12.1. The zero-order valence-corrected chi connectivity index (χ0v) is 11.8. The van der Waals surface area contributed by atoms with Crippen LogP contribution in [0, 0.1) is 17.3 Å². The van der Waals surface area contributed by atoms with Gasteiger partial charge in [-0.05, 0) is 24.7 Å². The average Bonchev–Trinajstić information content (AvgIpc) is 2.36. The number of aliphatic hydroxyl groups excluding tert-OH is 1. The van der Waals surface area contributed by atoms with Crippen LogP contribution in [0.25, 0.3) is 0 Å². The number of rotatable bonds is 6. The van der Waals surface area contributed by atoms with Crippen LogP contribution in [0.5, 0.6) is 0 Å². The smallest absolute Gasteiger partial charge is 0.307 e. The fraction of sp³-hybridized carbons (Fsp3) is 0.857. The molecule has 1 aliphatic rings. The Morgan fingerprint density at radius 2 is 1.79 bits per heavy atom. The highest BCUT2D eigenvalue weighted by atomic mass is 16.4. The first-order chi connectivity index (χ1) is 8.87. The minimum atomic E-state index is -0.866. The molecule has 3 N–H and O–H groups in total. The molecule has 1 fully saturated rings. The van der Waals surface area contributed by atoms with Crippen LogP contribution in [0.1, 0.15) is 46.0 Å². The second-order valence-corrected chi connectivity index (χ2v) is 6.19. The van der Waals surface area contributed by atoms with E-state index in [4.69, 9.17) is 10.2 Å². The number of amides is 1. The quantitative estimate of drug-likeness (QED) is 0.681. The Labute approximate surface area is 114 Å². The monoisotopic (exact) mass is 271 g/mol. The van der Waals surface area contributed by atoms with Crippen molar-refractivity contribution in [2.75, 3.05) is 13.2 Å². The summed E-state index contributed by atoms with van der Waals surface area (Å²) in [5, 5.41) is 20.9. The van der Waals surface area contributed by atoms with E-state index in [-0.39, 0.29) is 17.9 Å². The van der Waals surface area contributed by atoms with Gasteiger partial charge in [0.1, 0.15) is 0 Å². The van der Waals surface area contributed by atoms with E-state index in [0.29, 0.717) is 25.8 Å². The van der Waals surface area contributed by atoms with Crippen LogP contribution in [-0.2, 0) is 9.59 Å². The van der Waals surface area contributed by atoms with Crippen molar-refractivity contribution in [1.29, 1.82) is 0 Å². The maximum Gasteiger partial charge on any atom is 0.307 e. The highest BCUT2D eigenvalue weighted by Crippen LogP contribution is 2.30. The van der Waals surface area contributed by atoms with Gasteiger partial charge < -0.3 is 15.5 Å². The molecular weight excluding hydrogens is 246 g/mol. The maximum absolute atomic E-state index is 12.1. The first-order valence-electron chi connectivity index (χ1n) is 6.99. The normalized spacial score (nSPS) is 23.9. The summed E-state index contributed by atoms with van der Waals surface area (Å²) >= 11 is 0. The zero-order chi connectivity index (χ0) is 14.5. The van der Waals surface area contributed by atoms with Gasteiger partial charge in [0.25, 0.3) is 0 Å². The Bertz CT molecular complexity index is 327. The number of carboxylic acids is 1.